The summed E-state index contributed by atoms with van der Waals surface area (Å²) in [6.07, 6.45) is 2.08. The molecule has 4 atom stereocenters. The Labute approximate surface area is 344 Å². The van der Waals surface area contributed by atoms with Crippen molar-refractivity contribution in [2.75, 3.05) is 0 Å². The maximum Gasteiger partial charge on any atom is 0.143 e. The number of hydrogen-bond acceptors (Lipinski definition) is 3. The molecule has 0 aliphatic carbocycles. The fourth-order valence-electron chi connectivity index (χ4n) is 9.77. The molecule has 4 nitrogen and oxygen atoms in total. The van der Waals surface area contributed by atoms with Crippen LogP contribution < -0.4 is 10.6 Å². The summed E-state index contributed by atoms with van der Waals surface area (Å²) in [6, 6.07) is 70.7. The predicted molar refractivity (Wildman–Crippen MR) is 245 cm³/mol. The second-order valence-electron chi connectivity index (χ2n) is 16.0. The highest BCUT2D eigenvalue weighted by Gasteiger charge is 2.33. The van der Waals surface area contributed by atoms with Crippen molar-refractivity contribution in [1.82, 2.24) is 15.2 Å². The standard InChI is InChI=1S/C55H45N3O/c1-2-36-35-49(38-19-8-4-9-20-38)56-55(57-52(36)39-21-10-5-11-22-39)41-23-14-24-42(33-41)58-50-30-13-12-25-45(50)48-34-40(31-32-51(48)58)44-27-16-29-47-46-28-15-26-43(53(46)59-54(44)47)37-17-6-3-7-18-37/h3-34,36,49,52,55-57H,2,35H2,1H3. The largest absolute Gasteiger partial charge is 0.455 e. The van der Waals surface area contributed by atoms with Crippen molar-refractivity contribution in [1.29, 1.82) is 0 Å². The minimum atomic E-state index is -0.0617. The van der Waals surface area contributed by atoms with Crippen molar-refractivity contribution in [2.24, 2.45) is 5.92 Å². The maximum atomic E-state index is 6.85. The molecule has 0 amide bonds. The summed E-state index contributed by atoms with van der Waals surface area (Å²) >= 11 is 0. The van der Waals surface area contributed by atoms with Crippen molar-refractivity contribution in [2.45, 2.75) is 38.0 Å². The fourth-order valence-corrected chi connectivity index (χ4v) is 9.77. The van der Waals surface area contributed by atoms with Crippen LogP contribution in [0.15, 0.2) is 199 Å². The molecule has 1 fully saturated rings. The van der Waals surface area contributed by atoms with Crippen LogP contribution in [-0.4, -0.2) is 4.57 Å². The summed E-state index contributed by atoms with van der Waals surface area (Å²) in [4.78, 5) is 0. The van der Waals surface area contributed by atoms with Gasteiger partial charge in [0.25, 0.3) is 0 Å². The first-order valence-corrected chi connectivity index (χ1v) is 21.0. The van der Waals surface area contributed by atoms with E-state index in [1.165, 1.54) is 38.5 Å². The molecule has 2 N–H and O–H groups in total. The van der Waals surface area contributed by atoms with E-state index in [9.17, 15) is 0 Å². The average molecular weight is 764 g/mol. The minimum Gasteiger partial charge on any atom is -0.455 e. The van der Waals surface area contributed by atoms with E-state index < -0.39 is 0 Å². The van der Waals surface area contributed by atoms with Gasteiger partial charge in [-0.3, -0.25) is 10.6 Å². The van der Waals surface area contributed by atoms with E-state index in [-0.39, 0.29) is 18.2 Å². The lowest BCUT2D eigenvalue weighted by molar-refractivity contribution is 0.334. The van der Waals surface area contributed by atoms with E-state index >= 15 is 0 Å². The topological polar surface area (TPSA) is 42.1 Å². The molecule has 3 heterocycles. The van der Waals surface area contributed by atoms with Crippen molar-refractivity contribution in [3.63, 3.8) is 0 Å². The molecular formula is C55H45N3O. The number of nitrogens with one attached hydrogen (secondary N) is 2. The Morgan fingerprint density at radius 1 is 0.492 bits per heavy atom. The number of aromatic nitrogens is 1. The van der Waals surface area contributed by atoms with E-state index in [2.05, 4.69) is 216 Å². The number of rotatable bonds is 7. The molecule has 286 valence electrons. The smallest absolute Gasteiger partial charge is 0.143 e. The van der Waals surface area contributed by atoms with Crippen molar-refractivity contribution in [3.8, 4) is 27.9 Å². The molecular weight excluding hydrogens is 719 g/mol. The number of benzene rings is 8. The summed E-state index contributed by atoms with van der Waals surface area (Å²) in [7, 11) is 0. The van der Waals surface area contributed by atoms with Crippen molar-refractivity contribution >= 4 is 43.7 Å². The van der Waals surface area contributed by atoms with Gasteiger partial charge in [0, 0.05) is 50.4 Å². The molecule has 11 rings (SSSR count). The molecule has 59 heavy (non-hydrogen) atoms. The van der Waals surface area contributed by atoms with E-state index in [0.29, 0.717) is 5.92 Å². The highest BCUT2D eigenvalue weighted by atomic mass is 16.3. The molecule has 2 aromatic heterocycles. The molecule has 0 radical (unpaired) electrons. The summed E-state index contributed by atoms with van der Waals surface area (Å²) in [6.45, 7) is 2.33. The Bertz CT molecular complexity index is 3090. The number of nitrogens with zero attached hydrogens (tertiary/aromatic N) is 1. The molecule has 1 aliphatic rings. The Morgan fingerprint density at radius 3 is 1.81 bits per heavy atom. The molecule has 0 saturated carbocycles. The van der Waals surface area contributed by atoms with E-state index in [0.717, 1.165) is 62.7 Å². The summed E-state index contributed by atoms with van der Waals surface area (Å²) < 4.78 is 9.28. The van der Waals surface area contributed by atoms with Gasteiger partial charge in [0.2, 0.25) is 0 Å². The Hall–Kier alpha value is -6.72. The zero-order valence-corrected chi connectivity index (χ0v) is 33.1. The van der Waals surface area contributed by atoms with Gasteiger partial charge in [-0.25, -0.2) is 0 Å². The zero-order valence-electron chi connectivity index (χ0n) is 33.1. The van der Waals surface area contributed by atoms with Crippen LogP contribution in [0.1, 0.15) is 54.7 Å². The van der Waals surface area contributed by atoms with Gasteiger partial charge >= 0.3 is 0 Å². The number of furan rings is 1. The quantitative estimate of drug-likeness (QED) is 0.170. The summed E-state index contributed by atoms with van der Waals surface area (Å²) in [5.74, 6) is 0.464. The first kappa shape index (κ1) is 35.4. The van der Waals surface area contributed by atoms with Crippen LogP contribution in [0.25, 0.3) is 71.7 Å². The zero-order chi connectivity index (χ0) is 39.3. The monoisotopic (exact) mass is 763 g/mol. The van der Waals surface area contributed by atoms with E-state index in [4.69, 9.17) is 4.42 Å². The minimum absolute atomic E-state index is 0.0617. The van der Waals surface area contributed by atoms with Gasteiger partial charge in [-0.15, -0.1) is 0 Å². The molecule has 0 spiro atoms. The SMILES string of the molecule is CCC1CC(c2ccccc2)NC(c2cccc(-n3c4ccccc4c4cc(-c5cccc6c5oc5c(-c7ccccc7)cccc56)ccc43)c2)NC1c1ccccc1. The van der Waals surface area contributed by atoms with Gasteiger partial charge in [0.1, 0.15) is 11.2 Å². The molecule has 4 unspecified atom stereocenters. The normalized spacial score (nSPS) is 18.5. The molecule has 1 saturated heterocycles. The first-order valence-electron chi connectivity index (χ1n) is 21.0. The van der Waals surface area contributed by atoms with Crippen LogP contribution in [0.5, 0.6) is 0 Å². The van der Waals surface area contributed by atoms with Crippen LogP contribution in [-0.2, 0) is 0 Å². The third-order valence-electron chi connectivity index (χ3n) is 12.7. The van der Waals surface area contributed by atoms with Gasteiger partial charge in [0.15, 0.2) is 0 Å². The average Bonchev–Trinajstić information content (AvgIpc) is 3.78. The Kier molecular flexibility index (Phi) is 8.95. The van der Waals surface area contributed by atoms with E-state index in [1.54, 1.807) is 0 Å². The highest BCUT2D eigenvalue weighted by Crippen LogP contribution is 2.43. The van der Waals surface area contributed by atoms with Gasteiger partial charge in [-0.2, -0.15) is 0 Å². The maximum absolute atomic E-state index is 6.85. The number of fused-ring (bicyclic) bond motifs is 6. The predicted octanol–water partition coefficient (Wildman–Crippen LogP) is 14.1. The number of hydrogen-bond donors (Lipinski definition) is 2. The van der Waals surface area contributed by atoms with Crippen LogP contribution in [0.4, 0.5) is 0 Å². The van der Waals surface area contributed by atoms with Crippen LogP contribution in [0.3, 0.4) is 0 Å². The van der Waals surface area contributed by atoms with Crippen LogP contribution >= 0.6 is 0 Å². The first-order chi connectivity index (χ1) is 29.2. The molecule has 8 aromatic carbocycles. The number of para-hydroxylation sites is 3. The van der Waals surface area contributed by atoms with Crippen molar-refractivity contribution in [3.05, 3.63) is 211 Å². The Balaban J connectivity index is 1.02. The molecule has 0 bridgehead atoms. The fraction of sp³-hybridized carbons (Fsp3) is 0.127. The van der Waals surface area contributed by atoms with Gasteiger partial charge in [0.05, 0.1) is 17.2 Å². The van der Waals surface area contributed by atoms with Gasteiger partial charge < -0.3 is 8.98 Å². The van der Waals surface area contributed by atoms with Crippen LogP contribution in [0.2, 0.25) is 0 Å². The lowest BCUT2D eigenvalue weighted by Crippen LogP contribution is -2.36. The molecule has 1 aliphatic heterocycles. The second kappa shape index (κ2) is 14.9. The third-order valence-corrected chi connectivity index (χ3v) is 12.7. The Morgan fingerprint density at radius 2 is 1.08 bits per heavy atom. The molecule has 4 heteroatoms. The molecule has 10 aromatic rings. The lowest BCUT2D eigenvalue weighted by Gasteiger charge is -2.28. The summed E-state index contributed by atoms with van der Waals surface area (Å²) in [5.41, 5.74) is 13.7. The van der Waals surface area contributed by atoms with Gasteiger partial charge in [-0.05, 0) is 70.5 Å². The van der Waals surface area contributed by atoms with E-state index in [1.807, 2.05) is 0 Å². The second-order valence-corrected chi connectivity index (χ2v) is 16.0. The third kappa shape index (κ3) is 6.24. The van der Waals surface area contributed by atoms with Gasteiger partial charge in [-0.1, -0.05) is 177 Å². The van der Waals surface area contributed by atoms with Crippen molar-refractivity contribution < 1.29 is 4.42 Å². The highest BCUT2D eigenvalue weighted by molar-refractivity contribution is 6.15. The summed E-state index contributed by atoms with van der Waals surface area (Å²) in [5, 5.41) is 12.9. The lowest BCUT2D eigenvalue weighted by atomic mass is 9.85. The van der Waals surface area contributed by atoms with Crippen LogP contribution in [0, 0.1) is 5.92 Å².